The SMILES string of the molecule is O=C(NCCCc1ccccc1)NCCNc1ccccn1. The number of amides is 2. The van der Waals surface area contributed by atoms with Gasteiger partial charge >= 0.3 is 6.03 Å². The maximum absolute atomic E-state index is 11.6. The Labute approximate surface area is 131 Å². The number of nitrogens with zero attached hydrogens (tertiary/aromatic N) is 1. The molecule has 0 radical (unpaired) electrons. The van der Waals surface area contributed by atoms with E-state index >= 15 is 0 Å². The molecule has 2 rings (SSSR count). The second-order valence-electron chi connectivity index (χ2n) is 4.91. The van der Waals surface area contributed by atoms with E-state index in [1.807, 2.05) is 36.4 Å². The minimum atomic E-state index is -0.129. The highest BCUT2D eigenvalue weighted by molar-refractivity contribution is 5.73. The van der Waals surface area contributed by atoms with Crippen LogP contribution in [0, 0.1) is 0 Å². The third-order valence-electron chi connectivity index (χ3n) is 3.15. The summed E-state index contributed by atoms with van der Waals surface area (Å²) in [4.78, 5) is 15.7. The van der Waals surface area contributed by atoms with Gasteiger partial charge in [0.2, 0.25) is 0 Å². The van der Waals surface area contributed by atoms with Gasteiger partial charge < -0.3 is 16.0 Å². The summed E-state index contributed by atoms with van der Waals surface area (Å²) in [5.74, 6) is 0.813. The average Bonchev–Trinajstić information content (AvgIpc) is 2.57. The fraction of sp³-hybridized carbons (Fsp3) is 0.294. The van der Waals surface area contributed by atoms with Crippen molar-refractivity contribution in [3.8, 4) is 0 Å². The molecule has 5 heteroatoms. The zero-order valence-corrected chi connectivity index (χ0v) is 12.6. The number of aryl methyl sites for hydroxylation is 1. The molecular weight excluding hydrogens is 276 g/mol. The van der Waals surface area contributed by atoms with Crippen molar-refractivity contribution in [3.63, 3.8) is 0 Å². The molecule has 2 aromatic rings. The van der Waals surface area contributed by atoms with Gasteiger partial charge in [0.25, 0.3) is 0 Å². The fourth-order valence-corrected chi connectivity index (χ4v) is 2.04. The van der Waals surface area contributed by atoms with Gasteiger partial charge in [-0.05, 0) is 30.5 Å². The summed E-state index contributed by atoms with van der Waals surface area (Å²) in [6, 6.07) is 15.8. The van der Waals surface area contributed by atoms with Crippen LogP contribution in [0.1, 0.15) is 12.0 Å². The molecule has 2 amide bonds. The van der Waals surface area contributed by atoms with E-state index < -0.39 is 0 Å². The third-order valence-corrected chi connectivity index (χ3v) is 3.15. The zero-order chi connectivity index (χ0) is 15.5. The van der Waals surface area contributed by atoms with Crippen molar-refractivity contribution >= 4 is 11.8 Å². The summed E-state index contributed by atoms with van der Waals surface area (Å²) < 4.78 is 0. The molecule has 0 unspecified atom stereocenters. The van der Waals surface area contributed by atoms with Crippen LogP contribution in [-0.4, -0.2) is 30.6 Å². The summed E-state index contributed by atoms with van der Waals surface area (Å²) in [6.07, 6.45) is 3.64. The highest BCUT2D eigenvalue weighted by Crippen LogP contribution is 2.01. The molecule has 0 saturated heterocycles. The molecule has 1 aromatic carbocycles. The van der Waals surface area contributed by atoms with E-state index in [2.05, 4.69) is 33.1 Å². The molecule has 0 bridgehead atoms. The number of pyridine rings is 1. The monoisotopic (exact) mass is 298 g/mol. The second-order valence-corrected chi connectivity index (χ2v) is 4.91. The van der Waals surface area contributed by atoms with Crippen LogP contribution in [0.15, 0.2) is 54.7 Å². The molecule has 1 aromatic heterocycles. The van der Waals surface area contributed by atoms with Crippen LogP contribution in [0.4, 0.5) is 10.6 Å². The standard InChI is InChI=1S/C17H22N4O/c22-17(20-12-6-9-15-7-2-1-3-8-15)21-14-13-19-16-10-4-5-11-18-16/h1-5,7-8,10-11H,6,9,12-14H2,(H,18,19)(H2,20,21,22). The van der Waals surface area contributed by atoms with Crippen LogP contribution < -0.4 is 16.0 Å². The number of hydrogen-bond donors (Lipinski definition) is 3. The van der Waals surface area contributed by atoms with Gasteiger partial charge in [-0.2, -0.15) is 0 Å². The molecule has 0 aliphatic heterocycles. The summed E-state index contributed by atoms with van der Waals surface area (Å²) in [5, 5.41) is 8.80. The van der Waals surface area contributed by atoms with Gasteiger partial charge in [-0.3, -0.25) is 0 Å². The number of carbonyl (C=O) groups is 1. The number of rotatable bonds is 8. The summed E-state index contributed by atoms with van der Waals surface area (Å²) in [7, 11) is 0. The van der Waals surface area contributed by atoms with Gasteiger partial charge in [0.15, 0.2) is 0 Å². The molecule has 22 heavy (non-hydrogen) atoms. The fourth-order valence-electron chi connectivity index (χ4n) is 2.04. The smallest absolute Gasteiger partial charge is 0.314 e. The summed E-state index contributed by atoms with van der Waals surface area (Å²) >= 11 is 0. The Morgan fingerprint density at radius 1 is 0.909 bits per heavy atom. The number of nitrogens with one attached hydrogen (secondary N) is 3. The van der Waals surface area contributed by atoms with Gasteiger partial charge in [-0.25, -0.2) is 9.78 Å². The minimum absolute atomic E-state index is 0.129. The van der Waals surface area contributed by atoms with Crippen molar-refractivity contribution in [2.45, 2.75) is 12.8 Å². The number of hydrogen-bond acceptors (Lipinski definition) is 3. The van der Waals surface area contributed by atoms with Crippen molar-refractivity contribution < 1.29 is 4.79 Å². The lowest BCUT2D eigenvalue weighted by molar-refractivity contribution is 0.241. The van der Waals surface area contributed by atoms with E-state index in [1.165, 1.54) is 5.56 Å². The molecule has 5 nitrogen and oxygen atoms in total. The van der Waals surface area contributed by atoms with E-state index in [-0.39, 0.29) is 6.03 Å². The number of benzene rings is 1. The van der Waals surface area contributed by atoms with Crippen LogP contribution in [0.5, 0.6) is 0 Å². The highest BCUT2D eigenvalue weighted by Gasteiger charge is 1.99. The predicted molar refractivity (Wildman–Crippen MR) is 88.9 cm³/mol. The minimum Gasteiger partial charge on any atom is -0.368 e. The molecular formula is C17H22N4O. The zero-order valence-electron chi connectivity index (χ0n) is 12.6. The number of aromatic nitrogens is 1. The third kappa shape index (κ3) is 6.26. The Morgan fingerprint density at radius 2 is 1.68 bits per heavy atom. The summed E-state index contributed by atoms with van der Waals surface area (Å²) in [6.45, 7) is 1.88. The first-order chi connectivity index (χ1) is 10.8. The molecule has 0 aliphatic carbocycles. The van der Waals surface area contributed by atoms with E-state index in [0.29, 0.717) is 19.6 Å². The van der Waals surface area contributed by atoms with Gasteiger partial charge in [0, 0.05) is 25.8 Å². The Balaban J connectivity index is 1.49. The van der Waals surface area contributed by atoms with Crippen LogP contribution in [0.3, 0.4) is 0 Å². The maximum Gasteiger partial charge on any atom is 0.314 e. The van der Waals surface area contributed by atoms with Crippen LogP contribution >= 0.6 is 0 Å². The summed E-state index contributed by atoms with van der Waals surface area (Å²) in [5.41, 5.74) is 1.30. The van der Waals surface area contributed by atoms with Crippen molar-refractivity contribution in [1.82, 2.24) is 15.6 Å². The van der Waals surface area contributed by atoms with Gasteiger partial charge in [0.1, 0.15) is 5.82 Å². The molecule has 0 fully saturated rings. The number of carbonyl (C=O) groups excluding carboxylic acids is 1. The molecule has 0 spiro atoms. The lowest BCUT2D eigenvalue weighted by Crippen LogP contribution is -2.38. The van der Waals surface area contributed by atoms with Crippen molar-refractivity contribution in [2.24, 2.45) is 0 Å². The molecule has 0 saturated carbocycles. The van der Waals surface area contributed by atoms with Crippen LogP contribution in [0.25, 0.3) is 0 Å². The first-order valence-corrected chi connectivity index (χ1v) is 7.55. The van der Waals surface area contributed by atoms with E-state index in [1.54, 1.807) is 6.20 Å². The van der Waals surface area contributed by atoms with Crippen molar-refractivity contribution in [3.05, 3.63) is 60.3 Å². The van der Waals surface area contributed by atoms with Crippen molar-refractivity contribution in [1.29, 1.82) is 0 Å². The number of anilines is 1. The average molecular weight is 298 g/mol. The Morgan fingerprint density at radius 3 is 2.45 bits per heavy atom. The van der Waals surface area contributed by atoms with Gasteiger partial charge in [-0.1, -0.05) is 36.4 Å². The first kappa shape index (κ1) is 15.8. The van der Waals surface area contributed by atoms with E-state index in [0.717, 1.165) is 18.7 Å². The van der Waals surface area contributed by atoms with E-state index in [9.17, 15) is 4.79 Å². The molecule has 116 valence electrons. The molecule has 0 aliphatic rings. The maximum atomic E-state index is 11.6. The normalized spacial score (nSPS) is 10.0. The lowest BCUT2D eigenvalue weighted by Gasteiger charge is -2.08. The Bertz CT molecular complexity index is 496. The van der Waals surface area contributed by atoms with Crippen molar-refractivity contribution in [2.75, 3.05) is 25.0 Å². The Kier molecular flexibility index (Phi) is 6.75. The van der Waals surface area contributed by atoms with Crippen LogP contribution in [-0.2, 0) is 6.42 Å². The van der Waals surface area contributed by atoms with Gasteiger partial charge in [-0.15, -0.1) is 0 Å². The molecule has 0 atom stereocenters. The van der Waals surface area contributed by atoms with E-state index in [4.69, 9.17) is 0 Å². The quantitative estimate of drug-likeness (QED) is 0.656. The second kappa shape index (κ2) is 9.39. The lowest BCUT2D eigenvalue weighted by atomic mass is 10.1. The first-order valence-electron chi connectivity index (χ1n) is 7.55. The molecule has 3 N–H and O–H groups in total. The Hall–Kier alpha value is -2.56. The van der Waals surface area contributed by atoms with Gasteiger partial charge in [0.05, 0.1) is 0 Å². The predicted octanol–water partition coefficient (Wildman–Crippen LogP) is 2.43. The topological polar surface area (TPSA) is 66.1 Å². The van der Waals surface area contributed by atoms with Crippen LogP contribution in [0.2, 0.25) is 0 Å². The molecule has 1 heterocycles. The highest BCUT2D eigenvalue weighted by atomic mass is 16.2. The largest absolute Gasteiger partial charge is 0.368 e. The number of urea groups is 1.